The number of imide groups is 1. The van der Waals surface area contributed by atoms with E-state index in [4.69, 9.17) is 0 Å². The van der Waals surface area contributed by atoms with Gasteiger partial charge in [0.05, 0.1) is 13.2 Å². The summed E-state index contributed by atoms with van der Waals surface area (Å²) in [5.74, 6) is -0.459. The van der Waals surface area contributed by atoms with E-state index in [1.807, 2.05) is 35.2 Å². The molecular weight excluding hydrogens is 310 g/mol. The number of benzene rings is 1. The van der Waals surface area contributed by atoms with Gasteiger partial charge in [-0.2, -0.15) is 0 Å². The third-order valence-corrected chi connectivity index (χ3v) is 4.28. The van der Waals surface area contributed by atoms with E-state index in [1.54, 1.807) is 6.92 Å². The first kappa shape index (κ1) is 17.9. The van der Waals surface area contributed by atoms with Gasteiger partial charge >= 0.3 is 6.09 Å². The smallest absolute Gasteiger partial charge is 0.413 e. The van der Waals surface area contributed by atoms with E-state index in [0.717, 1.165) is 5.69 Å². The second-order valence-corrected chi connectivity index (χ2v) is 5.82. The van der Waals surface area contributed by atoms with Crippen LogP contribution in [0.15, 0.2) is 30.3 Å². The number of carbonyl (C=O) groups excluding carboxylic acids is 3. The molecule has 0 bridgehead atoms. The number of alkyl carbamates (subject to hydrolysis) is 1. The van der Waals surface area contributed by atoms with Crippen molar-refractivity contribution in [2.24, 2.45) is 5.92 Å². The molecule has 0 spiro atoms. The highest BCUT2D eigenvalue weighted by Crippen LogP contribution is 2.21. The molecule has 0 saturated carbocycles. The van der Waals surface area contributed by atoms with E-state index in [9.17, 15) is 14.4 Å². The van der Waals surface area contributed by atoms with E-state index < -0.39 is 18.0 Å². The third-order valence-electron chi connectivity index (χ3n) is 4.28. The Morgan fingerprint density at radius 3 is 2.38 bits per heavy atom. The Kier molecular flexibility index (Phi) is 6.31. The van der Waals surface area contributed by atoms with Crippen LogP contribution in [0.3, 0.4) is 0 Å². The zero-order chi connectivity index (χ0) is 17.5. The summed E-state index contributed by atoms with van der Waals surface area (Å²) < 4.78 is 4.42. The predicted octanol–water partition coefficient (Wildman–Crippen LogP) is 1.61. The highest BCUT2D eigenvalue weighted by molar-refractivity contribution is 5.94. The summed E-state index contributed by atoms with van der Waals surface area (Å²) in [6.45, 7) is 2.99. The molecule has 1 heterocycles. The van der Waals surface area contributed by atoms with Crippen LogP contribution in [0.1, 0.15) is 19.8 Å². The summed E-state index contributed by atoms with van der Waals surface area (Å²) in [7, 11) is 1.21. The van der Waals surface area contributed by atoms with Crippen molar-refractivity contribution in [3.05, 3.63) is 30.3 Å². The minimum absolute atomic E-state index is 0.00696. The average molecular weight is 333 g/mol. The number of hydrogen-bond donors (Lipinski definition) is 2. The maximum Gasteiger partial charge on any atom is 0.413 e. The molecule has 0 unspecified atom stereocenters. The molecule has 24 heavy (non-hydrogen) atoms. The number of ether oxygens (including phenoxy) is 1. The topological polar surface area (TPSA) is 87.7 Å². The normalized spacial score (nSPS) is 16.9. The van der Waals surface area contributed by atoms with Crippen molar-refractivity contribution >= 4 is 23.6 Å². The van der Waals surface area contributed by atoms with Crippen LogP contribution in [-0.2, 0) is 14.3 Å². The lowest BCUT2D eigenvalue weighted by Crippen LogP contribution is -2.50. The highest BCUT2D eigenvalue weighted by atomic mass is 16.5. The summed E-state index contributed by atoms with van der Waals surface area (Å²) in [5, 5.41) is 5.09. The number of nitrogens with one attached hydrogen (secondary N) is 2. The second-order valence-electron chi connectivity index (χ2n) is 5.82. The fourth-order valence-corrected chi connectivity index (χ4v) is 2.74. The van der Waals surface area contributed by atoms with Crippen LogP contribution in [0.2, 0.25) is 0 Å². The van der Waals surface area contributed by atoms with Crippen molar-refractivity contribution < 1.29 is 19.1 Å². The first-order valence-corrected chi connectivity index (χ1v) is 8.00. The van der Waals surface area contributed by atoms with Crippen LogP contribution < -0.4 is 10.6 Å². The van der Waals surface area contributed by atoms with Crippen LogP contribution in [0.5, 0.6) is 0 Å². The van der Waals surface area contributed by atoms with Crippen LogP contribution in [0, 0.1) is 5.92 Å². The van der Waals surface area contributed by atoms with Gasteiger partial charge in [-0.25, -0.2) is 4.79 Å². The van der Waals surface area contributed by atoms with Gasteiger partial charge in [-0.15, -0.1) is 0 Å². The zero-order valence-corrected chi connectivity index (χ0v) is 14.0. The van der Waals surface area contributed by atoms with Gasteiger partial charge in [0, 0.05) is 11.6 Å². The summed E-state index contributed by atoms with van der Waals surface area (Å²) in [6.07, 6.45) is 0.590. The van der Waals surface area contributed by atoms with Crippen molar-refractivity contribution in [2.45, 2.75) is 25.8 Å². The summed E-state index contributed by atoms with van der Waals surface area (Å²) in [6, 6.07) is 8.91. The molecule has 7 heteroatoms. The molecule has 0 aliphatic carbocycles. The van der Waals surface area contributed by atoms with Crippen molar-refractivity contribution in [3.8, 4) is 0 Å². The molecule has 1 aromatic rings. The molecule has 130 valence electrons. The number of nitrogens with zero attached hydrogens (tertiary/aromatic N) is 1. The Labute approximate surface area is 141 Å². The van der Waals surface area contributed by atoms with Gasteiger partial charge in [-0.05, 0) is 45.0 Å². The molecule has 1 aliphatic rings. The Balaban J connectivity index is 1.81. The molecule has 1 saturated heterocycles. The number of piperidine rings is 1. The standard InChI is InChI=1S/C17H23N3O4/c1-12(15(21)19-17(23)24-2)20-10-8-13(9-11-20)16(22)18-14-6-4-3-5-7-14/h3-7,12-13H,8-11H2,1-2H3,(H,18,22)(H,19,21,23)/t12-/m0/s1. The van der Waals surface area contributed by atoms with E-state index in [2.05, 4.69) is 15.4 Å². The molecule has 3 amide bonds. The van der Waals surface area contributed by atoms with Crippen molar-refractivity contribution in [3.63, 3.8) is 0 Å². The largest absolute Gasteiger partial charge is 0.453 e. The number of likely N-dealkylation sites (tertiary alicyclic amines) is 1. The van der Waals surface area contributed by atoms with Crippen molar-refractivity contribution in [1.29, 1.82) is 0 Å². The van der Waals surface area contributed by atoms with E-state index in [1.165, 1.54) is 7.11 Å². The third kappa shape index (κ3) is 4.79. The Morgan fingerprint density at radius 2 is 1.79 bits per heavy atom. The van der Waals surface area contributed by atoms with Crippen LogP contribution in [0.4, 0.5) is 10.5 Å². The van der Waals surface area contributed by atoms with E-state index in [-0.39, 0.29) is 11.8 Å². The lowest BCUT2D eigenvalue weighted by Gasteiger charge is -2.34. The average Bonchev–Trinajstić information content (AvgIpc) is 2.61. The van der Waals surface area contributed by atoms with Gasteiger partial charge in [0.25, 0.3) is 0 Å². The molecule has 1 aromatic carbocycles. The number of rotatable bonds is 4. The molecule has 0 radical (unpaired) electrons. The van der Waals surface area contributed by atoms with Crippen molar-refractivity contribution in [1.82, 2.24) is 10.2 Å². The van der Waals surface area contributed by atoms with Crippen LogP contribution in [0.25, 0.3) is 0 Å². The molecule has 1 atom stereocenters. The molecule has 1 aliphatic heterocycles. The first-order chi connectivity index (χ1) is 11.5. The second kappa shape index (κ2) is 8.44. The Bertz CT molecular complexity index is 583. The maximum atomic E-state index is 12.3. The Hall–Kier alpha value is -2.41. The number of amides is 3. The summed E-state index contributed by atoms with van der Waals surface area (Å²) in [4.78, 5) is 37.3. The van der Waals surface area contributed by atoms with Crippen molar-refractivity contribution in [2.75, 3.05) is 25.5 Å². The monoisotopic (exact) mass is 333 g/mol. The molecule has 2 rings (SSSR count). The van der Waals surface area contributed by atoms with Gasteiger partial charge in [0.2, 0.25) is 11.8 Å². The molecular formula is C17H23N3O4. The van der Waals surface area contributed by atoms with Crippen LogP contribution >= 0.6 is 0 Å². The van der Waals surface area contributed by atoms with Gasteiger partial charge in [-0.1, -0.05) is 18.2 Å². The lowest BCUT2D eigenvalue weighted by atomic mass is 9.94. The number of anilines is 1. The van der Waals surface area contributed by atoms with Gasteiger partial charge in [0.15, 0.2) is 0 Å². The number of para-hydroxylation sites is 1. The number of carbonyl (C=O) groups is 3. The predicted molar refractivity (Wildman–Crippen MR) is 89.4 cm³/mol. The molecule has 7 nitrogen and oxygen atoms in total. The minimum Gasteiger partial charge on any atom is -0.453 e. The Morgan fingerprint density at radius 1 is 1.17 bits per heavy atom. The quantitative estimate of drug-likeness (QED) is 0.874. The summed E-state index contributed by atoms with van der Waals surface area (Å²) >= 11 is 0. The lowest BCUT2D eigenvalue weighted by molar-refractivity contribution is -0.126. The van der Waals surface area contributed by atoms with E-state index >= 15 is 0 Å². The maximum absolute atomic E-state index is 12.3. The number of hydrogen-bond acceptors (Lipinski definition) is 5. The van der Waals surface area contributed by atoms with Gasteiger partial charge in [-0.3, -0.25) is 19.8 Å². The number of methoxy groups -OCH3 is 1. The fourth-order valence-electron chi connectivity index (χ4n) is 2.74. The molecule has 0 aromatic heterocycles. The van der Waals surface area contributed by atoms with Gasteiger partial charge < -0.3 is 10.1 Å². The SMILES string of the molecule is COC(=O)NC(=O)[C@H](C)N1CCC(C(=O)Nc2ccccc2)CC1. The van der Waals surface area contributed by atoms with Crippen LogP contribution in [-0.4, -0.2) is 49.0 Å². The zero-order valence-electron chi connectivity index (χ0n) is 14.0. The highest BCUT2D eigenvalue weighted by Gasteiger charge is 2.30. The first-order valence-electron chi connectivity index (χ1n) is 8.00. The molecule has 1 fully saturated rings. The minimum atomic E-state index is -0.760. The van der Waals surface area contributed by atoms with Gasteiger partial charge in [0.1, 0.15) is 0 Å². The van der Waals surface area contributed by atoms with E-state index in [0.29, 0.717) is 25.9 Å². The summed E-state index contributed by atoms with van der Waals surface area (Å²) in [5.41, 5.74) is 0.788. The fraction of sp³-hybridized carbons (Fsp3) is 0.471. The molecule has 2 N–H and O–H groups in total.